The van der Waals surface area contributed by atoms with Gasteiger partial charge in [0.15, 0.2) is 0 Å². The lowest BCUT2D eigenvalue weighted by molar-refractivity contribution is 0.234. The molecule has 1 nitrogen and oxygen atoms in total. The number of hydrogen-bond acceptors (Lipinski definition) is 1. The van der Waals surface area contributed by atoms with E-state index in [1.165, 1.54) is 18.4 Å². The van der Waals surface area contributed by atoms with Crippen molar-refractivity contribution in [2.75, 3.05) is 6.54 Å². The molecule has 1 atom stereocenters. The first-order valence-corrected chi connectivity index (χ1v) is 7.29. The summed E-state index contributed by atoms with van der Waals surface area (Å²) in [6.45, 7) is 10.2. The standard InChI is InChI=1S/C15H24BrN/c1-5-11-17-14(15(3,4)6-2)12-7-9-13(16)10-8-12/h7-10,14,17H,5-6,11H2,1-4H3. The lowest BCUT2D eigenvalue weighted by Gasteiger charge is -2.35. The van der Waals surface area contributed by atoms with Crippen LogP contribution in [0.3, 0.4) is 0 Å². The molecular formula is C15H24BrN. The first-order chi connectivity index (χ1) is 8.01. The summed E-state index contributed by atoms with van der Waals surface area (Å²) in [7, 11) is 0. The lowest BCUT2D eigenvalue weighted by Crippen LogP contribution is -2.34. The van der Waals surface area contributed by atoms with Gasteiger partial charge in [0.05, 0.1) is 0 Å². The number of nitrogens with one attached hydrogen (secondary N) is 1. The third-order valence-corrected chi connectivity index (χ3v) is 4.02. The zero-order chi connectivity index (χ0) is 12.9. The SMILES string of the molecule is CCCNC(c1ccc(Br)cc1)C(C)(C)CC. The van der Waals surface area contributed by atoms with Gasteiger partial charge in [0.2, 0.25) is 0 Å². The normalized spacial score (nSPS) is 13.7. The highest BCUT2D eigenvalue weighted by atomic mass is 79.9. The maximum absolute atomic E-state index is 3.68. The minimum absolute atomic E-state index is 0.281. The van der Waals surface area contributed by atoms with E-state index in [0.29, 0.717) is 6.04 Å². The summed E-state index contributed by atoms with van der Waals surface area (Å²) in [6.07, 6.45) is 2.34. The van der Waals surface area contributed by atoms with E-state index in [0.717, 1.165) is 11.0 Å². The van der Waals surface area contributed by atoms with Crippen LogP contribution in [0.5, 0.6) is 0 Å². The fraction of sp³-hybridized carbons (Fsp3) is 0.600. The Morgan fingerprint density at radius 2 is 1.76 bits per heavy atom. The third kappa shape index (κ3) is 4.11. The van der Waals surface area contributed by atoms with Gasteiger partial charge in [-0.1, -0.05) is 55.8 Å². The molecule has 0 aliphatic rings. The quantitative estimate of drug-likeness (QED) is 0.785. The number of benzene rings is 1. The smallest absolute Gasteiger partial charge is 0.0371 e. The molecule has 96 valence electrons. The van der Waals surface area contributed by atoms with Crippen LogP contribution < -0.4 is 5.32 Å². The summed E-state index contributed by atoms with van der Waals surface area (Å²) < 4.78 is 1.14. The van der Waals surface area contributed by atoms with E-state index in [1.54, 1.807) is 0 Å². The average molecular weight is 298 g/mol. The average Bonchev–Trinajstić information content (AvgIpc) is 2.31. The van der Waals surface area contributed by atoms with Gasteiger partial charge in [0.25, 0.3) is 0 Å². The molecule has 0 amide bonds. The molecule has 1 aromatic carbocycles. The first-order valence-electron chi connectivity index (χ1n) is 6.50. The fourth-order valence-electron chi connectivity index (χ4n) is 1.99. The van der Waals surface area contributed by atoms with Crippen molar-refractivity contribution >= 4 is 15.9 Å². The maximum atomic E-state index is 3.68. The van der Waals surface area contributed by atoms with E-state index in [1.807, 2.05) is 0 Å². The Labute approximate surface area is 114 Å². The molecule has 1 N–H and O–H groups in total. The van der Waals surface area contributed by atoms with Crippen LogP contribution in [0.15, 0.2) is 28.7 Å². The molecule has 2 heteroatoms. The molecule has 0 heterocycles. The molecule has 0 bridgehead atoms. The Bertz CT molecular complexity index is 329. The van der Waals surface area contributed by atoms with Crippen molar-refractivity contribution < 1.29 is 0 Å². The van der Waals surface area contributed by atoms with Crippen molar-refractivity contribution in [3.63, 3.8) is 0 Å². The molecule has 17 heavy (non-hydrogen) atoms. The number of hydrogen-bond donors (Lipinski definition) is 1. The Kier molecular flexibility index (Phi) is 5.68. The summed E-state index contributed by atoms with van der Waals surface area (Å²) in [6, 6.07) is 9.12. The highest BCUT2D eigenvalue weighted by molar-refractivity contribution is 9.10. The predicted octanol–water partition coefficient (Wildman–Crippen LogP) is 4.93. The molecule has 1 aromatic rings. The van der Waals surface area contributed by atoms with Gasteiger partial charge in [-0.25, -0.2) is 0 Å². The van der Waals surface area contributed by atoms with Crippen molar-refractivity contribution in [1.82, 2.24) is 5.32 Å². The van der Waals surface area contributed by atoms with Crippen LogP contribution in [-0.2, 0) is 0 Å². The van der Waals surface area contributed by atoms with Crippen molar-refractivity contribution in [2.24, 2.45) is 5.41 Å². The monoisotopic (exact) mass is 297 g/mol. The minimum Gasteiger partial charge on any atom is -0.309 e. The van der Waals surface area contributed by atoms with Gasteiger partial charge in [0.1, 0.15) is 0 Å². The zero-order valence-corrected chi connectivity index (χ0v) is 13.0. The van der Waals surface area contributed by atoms with Crippen molar-refractivity contribution in [3.8, 4) is 0 Å². The van der Waals surface area contributed by atoms with Crippen LogP contribution in [0.25, 0.3) is 0 Å². The summed E-state index contributed by atoms with van der Waals surface area (Å²) >= 11 is 3.49. The minimum atomic E-state index is 0.281. The molecule has 0 aliphatic heterocycles. The molecule has 0 fully saturated rings. The first kappa shape index (κ1) is 14.7. The molecular weight excluding hydrogens is 274 g/mol. The van der Waals surface area contributed by atoms with Crippen LogP contribution >= 0.6 is 15.9 Å². The second kappa shape index (κ2) is 6.55. The van der Waals surface area contributed by atoms with Crippen molar-refractivity contribution in [1.29, 1.82) is 0 Å². The van der Waals surface area contributed by atoms with E-state index in [4.69, 9.17) is 0 Å². The highest BCUT2D eigenvalue weighted by Gasteiger charge is 2.28. The molecule has 0 saturated carbocycles. The van der Waals surface area contributed by atoms with Gasteiger partial charge in [-0.2, -0.15) is 0 Å². The Morgan fingerprint density at radius 1 is 1.18 bits per heavy atom. The van der Waals surface area contributed by atoms with E-state index in [-0.39, 0.29) is 5.41 Å². The van der Waals surface area contributed by atoms with E-state index >= 15 is 0 Å². The topological polar surface area (TPSA) is 12.0 Å². The van der Waals surface area contributed by atoms with Crippen LogP contribution in [0.2, 0.25) is 0 Å². The van der Waals surface area contributed by atoms with Crippen LogP contribution in [0.1, 0.15) is 52.1 Å². The maximum Gasteiger partial charge on any atom is 0.0371 e. The summed E-state index contributed by atoms with van der Waals surface area (Å²) in [5, 5.41) is 3.68. The predicted molar refractivity (Wildman–Crippen MR) is 79.2 cm³/mol. The highest BCUT2D eigenvalue weighted by Crippen LogP contribution is 2.36. The lowest BCUT2D eigenvalue weighted by atomic mass is 9.78. The fourth-order valence-corrected chi connectivity index (χ4v) is 2.26. The Hall–Kier alpha value is -0.340. The number of halogens is 1. The molecule has 0 saturated heterocycles. The zero-order valence-electron chi connectivity index (χ0n) is 11.4. The van der Waals surface area contributed by atoms with Crippen LogP contribution in [0.4, 0.5) is 0 Å². The molecule has 1 rings (SSSR count). The van der Waals surface area contributed by atoms with Crippen molar-refractivity contribution in [2.45, 2.75) is 46.6 Å². The van der Waals surface area contributed by atoms with Gasteiger partial charge in [-0.15, -0.1) is 0 Å². The van der Waals surface area contributed by atoms with Crippen LogP contribution in [-0.4, -0.2) is 6.54 Å². The summed E-state index contributed by atoms with van der Waals surface area (Å²) in [5.41, 5.74) is 1.66. The van der Waals surface area contributed by atoms with Gasteiger partial charge < -0.3 is 5.32 Å². The van der Waals surface area contributed by atoms with Gasteiger partial charge in [0, 0.05) is 10.5 Å². The van der Waals surface area contributed by atoms with Crippen molar-refractivity contribution in [3.05, 3.63) is 34.3 Å². The molecule has 0 aliphatic carbocycles. The van der Waals surface area contributed by atoms with E-state index in [9.17, 15) is 0 Å². The van der Waals surface area contributed by atoms with Crippen LogP contribution in [0, 0.1) is 5.41 Å². The third-order valence-electron chi connectivity index (χ3n) is 3.49. The van der Waals surface area contributed by atoms with Gasteiger partial charge in [-0.05, 0) is 42.5 Å². The number of rotatable bonds is 6. The summed E-state index contributed by atoms with van der Waals surface area (Å²) in [5.74, 6) is 0. The Morgan fingerprint density at radius 3 is 2.24 bits per heavy atom. The van der Waals surface area contributed by atoms with E-state index < -0.39 is 0 Å². The van der Waals surface area contributed by atoms with E-state index in [2.05, 4.69) is 73.2 Å². The molecule has 0 radical (unpaired) electrons. The molecule has 0 aromatic heterocycles. The molecule has 0 spiro atoms. The molecule has 1 unspecified atom stereocenters. The largest absolute Gasteiger partial charge is 0.309 e. The second-order valence-corrected chi connectivity index (χ2v) is 6.20. The van der Waals surface area contributed by atoms with Gasteiger partial charge in [-0.3, -0.25) is 0 Å². The summed E-state index contributed by atoms with van der Waals surface area (Å²) in [4.78, 5) is 0. The Balaban J connectivity index is 2.93. The van der Waals surface area contributed by atoms with Gasteiger partial charge >= 0.3 is 0 Å². The second-order valence-electron chi connectivity index (χ2n) is 5.28.